The Balaban J connectivity index is 2.39. The SMILES string of the molecule is CCN1c2ccncc2NCCC1C. The molecule has 3 heteroatoms. The minimum Gasteiger partial charge on any atom is -0.382 e. The van der Waals surface area contributed by atoms with Crippen molar-refractivity contribution in [2.75, 3.05) is 23.3 Å². The predicted octanol–water partition coefficient (Wildman–Crippen LogP) is 2.11. The lowest BCUT2D eigenvalue weighted by molar-refractivity contribution is 0.626. The Bertz CT molecular complexity index is 311. The summed E-state index contributed by atoms with van der Waals surface area (Å²) in [6.07, 6.45) is 4.96. The summed E-state index contributed by atoms with van der Waals surface area (Å²) in [5, 5.41) is 3.42. The van der Waals surface area contributed by atoms with Gasteiger partial charge in [-0.2, -0.15) is 0 Å². The van der Waals surface area contributed by atoms with Crippen LogP contribution in [0.4, 0.5) is 11.4 Å². The molecule has 76 valence electrons. The lowest BCUT2D eigenvalue weighted by atomic mass is 10.2. The summed E-state index contributed by atoms with van der Waals surface area (Å²) >= 11 is 0. The van der Waals surface area contributed by atoms with E-state index in [0.717, 1.165) is 13.1 Å². The van der Waals surface area contributed by atoms with Crippen LogP contribution in [0.25, 0.3) is 0 Å². The average Bonchev–Trinajstić information content (AvgIpc) is 2.36. The molecule has 2 heterocycles. The quantitative estimate of drug-likeness (QED) is 0.737. The van der Waals surface area contributed by atoms with Crippen molar-refractivity contribution >= 4 is 11.4 Å². The topological polar surface area (TPSA) is 28.2 Å². The molecule has 0 aromatic carbocycles. The molecule has 1 atom stereocenters. The normalized spacial score (nSPS) is 21.0. The Hall–Kier alpha value is -1.25. The van der Waals surface area contributed by atoms with E-state index in [1.165, 1.54) is 17.8 Å². The Morgan fingerprint density at radius 1 is 1.64 bits per heavy atom. The minimum atomic E-state index is 0.608. The van der Waals surface area contributed by atoms with Crippen LogP contribution in [0.5, 0.6) is 0 Å². The Morgan fingerprint density at radius 2 is 2.50 bits per heavy atom. The Morgan fingerprint density at radius 3 is 3.29 bits per heavy atom. The summed E-state index contributed by atoms with van der Waals surface area (Å²) < 4.78 is 0. The van der Waals surface area contributed by atoms with E-state index in [1.807, 2.05) is 12.4 Å². The molecule has 2 rings (SSSR count). The second-order valence-electron chi connectivity index (χ2n) is 3.74. The third-order valence-electron chi connectivity index (χ3n) is 2.86. The second kappa shape index (κ2) is 3.86. The fourth-order valence-electron chi connectivity index (χ4n) is 2.06. The molecule has 1 aliphatic rings. The van der Waals surface area contributed by atoms with Crippen LogP contribution < -0.4 is 10.2 Å². The van der Waals surface area contributed by atoms with E-state index in [0.29, 0.717) is 6.04 Å². The Labute approximate surface area is 85.1 Å². The van der Waals surface area contributed by atoms with Crippen molar-refractivity contribution in [1.29, 1.82) is 0 Å². The second-order valence-corrected chi connectivity index (χ2v) is 3.74. The van der Waals surface area contributed by atoms with E-state index in [4.69, 9.17) is 0 Å². The van der Waals surface area contributed by atoms with Crippen LogP contribution in [0.2, 0.25) is 0 Å². The highest BCUT2D eigenvalue weighted by Gasteiger charge is 2.18. The largest absolute Gasteiger partial charge is 0.382 e. The van der Waals surface area contributed by atoms with Crippen molar-refractivity contribution in [3.8, 4) is 0 Å². The van der Waals surface area contributed by atoms with Crippen LogP contribution >= 0.6 is 0 Å². The van der Waals surface area contributed by atoms with Crippen molar-refractivity contribution in [2.45, 2.75) is 26.3 Å². The number of hydrogen-bond acceptors (Lipinski definition) is 3. The van der Waals surface area contributed by atoms with Crippen LogP contribution in [0.3, 0.4) is 0 Å². The van der Waals surface area contributed by atoms with Crippen molar-refractivity contribution < 1.29 is 0 Å². The van der Waals surface area contributed by atoms with E-state index in [-0.39, 0.29) is 0 Å². The third kappa shape index (κ3) is 1.54. The first-order valence-electron chi connectivity index (χ1n) is 5.27. The average molecular weight is 191 g/mol. The number of nitrogens with zero attached hydrogens (tertiary/aromatic N) is 2. The van der Waals surface area contributed by atoms with Crippen molar-refractivity contribution in [2.24, 2.45) is 0 Å². The van der Waals surface area contributed by atoms with Gasteiger partial charge >= 0.3 is 0 Å². The number of pyridine rings is 1. The molecule has 0 bridgehead atoms. The number of anilines is 2. The van der Waals surface area contributed by atoms with Gasteiger partial charge in [-0.1, -0.05) is 0 Å². The third-order valence-corrected chi connectivity index (χ3v) is 2.86. The first-order valence-corrected chi connectivity index (χ1v) is 5.27. The van der Waals surface area contributed by atoms with E-state index in [9.17, 15) is 0 Å². The lowest BCUT2D eigenvalue weighted by Crippen LogP contribution is -2.32. The molecule has 1 N–H and O–H groups in total. The Kier molecular flexibility index (Phi) is 2.57. The van der Waals surface area contributed by atoms with Gasteiger partial charge in [-0.15, -0.1) is 0 Å². The fraction of sp³-hybridized carbons (Fsp3) is 0.545. The van der Waals surface area contributed by atoms with Crippen LogP contribution in [-0.4, -0.2) is 24.1 Å². The van der Waals surface area contributed by atoms with Gasteiger partial charge in [-0.25, -0.2) is 0 Å². The molecule has 1 aromatic heterocycles. The molecule has 0 aliphatic carbocycles. The van der Waals surface area contributed by atoms with Gasteiger partial charge in [0, 0.05) is 25.3 Å². The number of nitrogens with one attached hydrogen (secondary N) is 1. The number of rotatable bonds is 1. The highest BCUT2D eigenvalue weighted by molar-refractivity contribution is 5.69. The zero-order valence-corrected chi connectivity index (χ0v) is 8.83. The van der Waals surface area contributed by atoms with Crippen LogP contribution in [0.15, 0.2) is 18.5 Å². The maximum absolute atomic E-state index is 4.14. The van der Waals surface area contributed by atoms with Gasteiger partial charge < -0.3 is 10.2 Å². The van der Waals surface area contributed by atoms with E-state index >= 15 is 0 Å². The minimum absolute atomic E-state index is 0.608. The molecule has 1 unspecified atom stereocenters. The molecule has 0 amide bonds. The van der Waals surface area contributed by atoms with Crippen molar-refractivity contribution in [3.05, 3.63) is 18.5 Å². The smallest absolute Gasteiger partial charge is 0.0764 e. The highest BCUT2D eigenvalue weighted by atomic mass is 15.2. The first kappa shape index (κ1) is 9.31. The zero-order chi connectivity index (χ0) is 9.97. The number of aromatic nitrogens is 1. The summed E-state index contributed by atoms with van der Waals surface area (Å²) in [7, 11) is 0. The van der Waals surface area contributed by atoms with Crippen molar-refractivity contribution in [3.63, 3.8) is 0 Å². The maximum atomic E-state index is 4.14. The maximum Gasteiger partial charge on any atom is 0.0764 e. The summed E-state index contributed by atoms with van der Waals surface area (Å²) in [6, 6.07) is 2.70. The molecule has 0 fully saturated rings. The first-order chi connectivity index (χ1) is 6.83. The summed E-state index contributed by atoms with van der Waals surface area (Å²) in [4.78, 5) is 6.57. The molecular formula is C11H17N3. The van der Waals surface area contributed by atoms with Gasteiger partial charge in [0.2, 0.25) is 0 Å². The van der Waals surface area contributed by atoms with Gasteiger partial charge in [0.05, 0.1) is 17.6 Å². The molecule has 14 heavy (non-hydrogen) atoms. The summed E-state index contributed by atoms with van der Waals surface area (Å²) in [5.41, 5.74) is 2.45. The molecule has 1 aliphatic heterocycles. The van der Waals surface area contributed by atoms with E-state index in [2.05, 4.69) is 35.1 Å². The van der Waals surface area contributed by atoms with Gasteiger partial charge in [-0.3, -0.25) is 4.98 Å². The highest BCUT2D eigenvalue weighted by Crippen LogP contribution is 2.29. The summed E-state index contributed by atoms with van der Waals surface area (Å²) in [6.45, 7) is 6.57. The van der Waals surface area contributed by atoms with Crippen LogP contribution in [0.1, 0.15) is 20.3 Å². The molecule has 0 saturated heterocycles. The van der Waals surface area contributed by atoms with E-state index < -0.39 is 0 Å². The van der Waals surface area contributed by atoms with E-state index in [1.54, 1.807) is 0 Å². The molecular weight excluding hydrogens is 174 g/mol. The molecule has 0 radical (unpaired) electrons. The van der Waals surface area contributed by atoms with Crippen molar-refractivity contribution in [1.82, 2.24) is 4.98 Å². The van der Waals surface area contributed by atoms with Gasteiger partial charge in [-0.05, 0) is 26.3 Å². The van der Waals surface area contributed by atoms with Crippen LogP contribution in [0, 0.1) is 0 Å². The molecule has 3 nitrogen and oxygen atoms in total. The van der Waals surface area contributed by atoms with Gasteiger partial charge in [0.1, 0.15) is 0 Å². The van der Waals surface area contributed by atoms with Crippen LogP contribution in [-0.2, 0) is 0 Å². The number of fused-ring (bicyclic) bond motifs is 1. The monoisotopic (exact) mass is 191 g/mol. The molecule has 0 spiro atoms. The summed E-state index contributed by atoms with van der Waals surface area (Å²) in [5.74, 6) is 0. The standard InChI is InChI=1S/C11H17N3/c1-3-14-9(2)4-7-13-10-8-12-6-5-11(10)14/h5-6,8-9,13H,3-4,7H2,1-2H3. The molecule has 0 saturated carbocycles. The number of hydrogen-bond donors (Lipinski definition) is 1. The lowest BCUT2D eigenvalue weighted by Gasteiger charge is -2.28. The predicted molar refractivity (Wildman–Crippen MR) is 59.8 cm³/mol. The zero-order valence-electron chi connectivity index (χ0n) is 8.83. The van der Waals surface area contributed by atoms with Gasteiger partial charge in [0.15, 0.2) is 0 Å². The molecule has 1 aromatic rings. The fourth-order valence-corrected chi connectivity index (χ4v) is 2.06. The van der Waals surface area contributed by atoms with Gasteiger partial charge in [0.25, 0.3) is 0 Å².